The highest BCUT2D eigenvalue weighted by atomic mass is 16.1. The Balaban J connectivity index is 3.66. The lowest BCUT2D eigenvalue weighted by Gasteiger charge is -2.10. The second kappa shape index (κ2) is 5.99. The molecule has 1 nitrogen and oxygen atoms in total. The number of hydrogen-bond donors (Lipinski definition) is 0. The van der Waals surface area contributed by atoms with E-state index in [1.165, 1.54) is 5.57 Å². The molecule has 0 aliphatic heterocycles. The molecule has 0 aromatic heterocycles. The summed E-state index contributed by atoms with van der Waals surface area (Å²) in [6, 6.07) is 0. The topological polar surface area (TPSA) is 17.1 Å². The Morgan fingerprint density at radius 1 is 1.33 bits per heavy atom. The zero-order chi connectivity index (χ0) is 9.56. The zero-order valence-electron chi connectivity index (χ0n) is 8.63. The van der Waals surface area contributed by atoms with E-state index in [4.69, 9.17) is 0 Å². The van der Waals surface area contributed by atoms with Crippen molar-refractivity contribution in [2.24, 2.45) is 11.8 Å². The van der Waals surface area contributed by atoms with Gasteiger partial charge in [0.1, 0.15) is 6.29 Å². The van der Waals surface area contributed by atoms with Gasteiger partial charge < -0.3 is 4.79 Å². The molecule has 1 heteroatoms. The molecular weight excluding hydrogens is 148 g/mol. The van der Waals surface area contributed by atoms with Crippen LogP contribution in [0.25, 0.3) is 0 Å². The van der Waals surface area contributed by atoms with Crippen LogP contribution in [0.2, 0.25) is 0 Å². The van der Waals surface area contributed by atoms with E-state index in [1.54, 1.807) is 0 Å². The fraction of sp³-hybridized carbons (Fsp3) is 0.727. The van der Waals surface area contributed by atoms with Crippen LogP contribution in [0.3, 0.4) is 0 Å². The molecule has 0 bridgehead atoms. The number of carbonyl (C=O) groups excluding carboxylic acids is 1. The second-order valence-corrected chi connectivity index (χ2v) is 3.97. The molecule has 0 saturated heterocycles. The summed E-state index contributed by atoms with van der Waals surface area (Å²) in [5, 5.41) is 0. The lowest BCUT2D eigenvalue weighted by atomic mass is 9.95. The maximum Gasteiger partial charge on any atom is 0.122 e. The molecule has 0 aromatic rings. The molecule has 2 unspecified atom stereocenters. The molecule has 0 saturated carbocycles. The molecule has 12 heavy (non-hydrogen) atoms. The summed E-state index contributed by atoms with van der Waals surface area (Å²) >= 11 is 0. The third-order valence-corrected chi connectivity index (χ3v) is 1.93. The van der Waals surface area contributed by atoms with Gasteiger partial charge in [-0.1, -0.05) is 25.5 Å². The molecule has 0 aromatic carbocycles. The van der Waals surface area contributed by atoms with Gasteiger partial charge in [-0.25, -0.2) is 0 Å². The molecule has 0 radical (unpaired) electrons. The van der Waals surface area contributed by atoms with Crippen molar-refractivity contribution in [3.63, 3.8) is 0 Å². The van der Waals surface area contributed by atoms with E-state index in [1.807, 2.05) is 6.92 Å². The number of aldehydes is 1. The van der Waals surface area contributed by atoms with Crippen molar-refractivity contribution < 1.29 is 4.79 Å². The Labute approximate surface area is 75.9 Å². The molecule has 2 atom stereocenters. The van der Waals surface area contributed by atoms with E-state index in [0.29, 0.717) is 5.92 Å². The van der Waals surface area contributed by atoms with Crippen molar-refractivity contribution in [1.29, 1.82) is 0 Å². The van der Waals surface area contributed by atoms with Gasteiger partial charge in [-0.2, -0.15) is 0 Å². The van der Waals surface area contributed by atoms with E-state index < -0.39 is 0 Å². The summed E-state index contributed by atoms with van der Waals surface area (Å²) < 4.78 is 0. The highest BCUT2D eigenvalue weighted by molar-refractivity contribution is 5.52. The second-order valence-electron chi connectivity index (χ2n) is 3.97. The highest BCUT2D eigenvalue weighted by Gasteiger charge is 2.05. The maximum absolute atomic E-state index is 10.4. The average Bonchev–Trinajstić information content (AvgIpc) is 2.00. The number of rotatable bonds is 5. The predicted molar refractivity (Wildman–Crippen MR) is 53.1 cm³/mol. The van der Waals surface area contributed by atoms with Gasteiger partial charge in [0.05, 0.1) is 0 Å². The molecule has 0 heterocycles. The van der Waals surface area contributed by atoms with Crippen LogP contribution in [0.15, 0.2) is 11.6 Å². The van der Waals surface area contributed by atoms with Crippen LogP contribution >= 0.6 is 0 Å². The quantitative estimate of drug-likeness (QED) is 0.455. The minimum atomic E-state index is 0.213. The van der Waals surface area contributed by atoms with Crippen LogP contribution in [0, 0.1) is 11.8 Å². The fourth-order valence-electron chi connectivity index (χ4n) is 1.22. The lowest BCUT2D eigenvalue weighted by Crippen LogP contribution is -2.03. The predicted octanol–water partition coefficient (Wildman–Crippen LogP) is 3.20. The van der Waals surface area contributed by atoms with E-state index in [9.17, 15) is 4.79 Å². The van der Waals surface area contributed by atoms with Crippen LogP contribution in [-0.4, -0.2) is 6.29 Å². The van der Waals surface area contributed by atoms with Gasteiger partial charge >= 0.3 is 0 Å². The van der Waals surface area contributed by atoms with Gasteiger partial charge in [0.2, 0.25) is 0 Å². The van der Waals surface area contributed by atoms with Crippen molar-refractivity contribution in [1.82, 2.24) is 0 Å². The van der Waals surface area contributed by atoms with Crippen molar-refractivity contribution in [2.75, 3.05) is 0 Å². The van der Waals surface area contributed by atoms with Crippen LogP contribution in [0.4, 0.5) is 0 Å². The number of allylic oxidation sites excluding steroid dienone is 2. The molecule has 0 amide bonds. The van der Waals surface area contributed by atoms with Crippen LogP contribution < -0.4 is 0 Å². The van der Waals surface area contributed by atoms with Crippen molar-refractivity contribution in [3.05, 3.63) is 11.6 Å². The molecule has 0 aliphatic rings. The summed E-state index contributed by atoms with van der Waals surface area (Å²) in [6.45, 7) is 8.39. The molecule has 0 aliphatic carbocycles. The summed E-state index contributed by atoms with van der Waals surface area (Å²) in [6.07, 6.45) is 5.38. The highest BCUT2D eigenvalue weighted by Crippen LogP contribution is 2.14. The summed E-state index contributed by atoms with van der Waals surface area (Å²) in [7, 11) is 0. The minimum Gasteiger partial charge on any atom is -0.303 e. The van der Waals surface area contributed by atoms with Crippen LogP contribution in [0.1, 0.15) is 40.5 Å². The number of carbonyl (C=O) groups is 1. The van der Waals surface area contributed by atoms with Crippen molar-refractivity contribution in [3.8, 4) is 0 Å². The Morgan fingerprint density at radius 3 is 2.33 bits per heavy atom. The minimum absolute atomic E-state index is 0.213. The lowest BCUT2D eigenvalue weighted by molar-refractivity contribution is -0.111. The van der Waals surface area contributed by atoms with Gasteiger partial charge in [0.25, 0.3) is 0 Å². The fourth-order valence-corrected chi connectivity index (χ4v) is 1.22. The molecule has 0 spiro atoms. The smallest absolute Gasteiger partial charge is 0.122 e. The maximum atomic E-state index is 10.4. The van der Waals surface area contributed by atoms with E-state index in [0.717, 1.165) is 19.1 Å². The first-order valence-corrected chi connectivity index (χ1v) is 4.65. The largest absolute Gasteiger partial charge is 0.303 e. The third kappa shape index (κ3) is 6.14. The zero-order valence-corrected chi connectivity index (χ0v) is 8.63. The SMILES string of the molecule is CC(C)=CCC(C)CC(C)C=O. The Kier molecular flexibility index (Phi) is 5.69. The average molecular weight is 168 g/mol. The van der Waals surface area contributed by atoms with Gasteiger partial charge in [0, 0.05) is 5.92 Å². The molecule has 0 N–H and O–H groups in total. The third-order valence-electron chi connectivity index (χ3n) is 1.93. The first kappa shape index (κ1) is 11.4. The Morgan fingerprint density at radius 2 is 1.92 bits per heavy atom. The Bertz CT molecular complexity index is 154. The van der Waals surface area contributed by atoms with E-state index in [2.05, 4.69) is 26.8 Å². The van der Waals surface area contributed by atoms with E-state index in [-0.39, 0.29) is 5.92 Å². The van der Waals surface area contributed by atoms with E-state index >= 15 is 0 Å². The summed E-state index contributed by atoms with van der Waals surface area (Å²) in [5.41, 5.74) is 1.36. The van der Waals surface area contributed by atoms with Crippen LogP contribution in [0.5, 0.6) is 0 Å². The van der Waals surface area contributed by atoms with Gasteiger partial charge in [-0.3, -0.25) is 0 Å². The Hall–Kier alpha value is -0.590. The van der Waals surface area contributed by atoms with Crippen molar-refractivity contribution >= 4 is 6.29 Å². The molecular formula is C11H20O. The summed E-state index contributed by atoms with van der Waals surface area (Å²) in [5.74, 6) is 0.839. The first-order chi connectivity index (χ1) is 5.56. The van der Waals surface area contributed by atoms with Gasteiger partial charge in [0.15, 0.2) is 0 Å². The van der Waals surface area contributed by atoms with Crippen LogP contribution in [-0.2, 0) is 4.79 Å². The normalized spacial score (nSPS) is 15.0. The first-order valence-electron chi connectivity index (χ1n) is 4.65. The van der Waals surface area contributed by atoms with Gasteiger partial charge in [-0.15, -0.1) is 0 Å². The molecule has 0 fully saturated rings. The van der Waals surface area contributed by atoms with Gasteiger partial charge in [-0.05, 0) is 32.6 Å². The standard InChI is InChI=1S/C11H20O/c1-9(2)5-6-10(3)7-11(4)8-12/h5,8,10-11H,6-7H2,1-4H3. The summed E-state index contributed by atoms with van der Waals surface area (Å²) in [4.78, 5) is 10.4. The monoisotopic (exact) mass is 168 g/mol. The molecule has 0 rings (SSSR count). The number of hydrogen-bond acceptors (Lipinski definition) is 1. The molecule has 70 valence electrons. The van der Waals surface area contributed by atoms with Crippen molar-refractivity contribution in [2.45, 2.75) is 40.5 Å².